The number of rotatable bonds is 4. The van der Waals surface area contributed by atoms with Crippen LogP contribution in [0.3, 0.4) is 0 Å². The quantitative estimate of drug-likeness (QED) is 0.850. The van der Waals surface area contributed by atoms with Crippen molar-refractivity contribution in [1.82, 2.24) is 24.6 Å². The molecule has 1 aliphatic heterocycles. The van der Waals surface area contributed by atoms with Gasteiger partial charge in [0.2, 0.25) is 17.7 Å². The van der Waals surface area contributed by atoms with Crippen molar-refractivity contribution in [3.63, 3.8) is 0 Å². The van der Waals surface area contributed by atoms with Crippen LogP contribution in [0.25, 0.3) is 0 Å². The van der Waals surface area contributed by atoms with Crippen molar-refractivity contribution >= 4 is 5.91 Å². The molecule has 3 fully saturated rings. The molecule has 0 aromatic carbocycles. The molecular formula is C18H23N5O2. The van der Waals surface area contributed by atoms with Crippen LogP contribution in [0.1, 0.15) is 55.5 Å². The monoisotopic (exact) mass is 341 g/mol. The fraction of sp³-hybridized carbons (Fsp3) is 0.667. The third kappa shape index (κ3) is 2.40. The predicted octanol–water partition coefficient (Wildman–Crippen LogP) is 2.03. The van der Waals surface area contributed by atoms with Crippen LogP contribution in [0.15, 0.2) is 16.9 Å². The minimum absolute atomic E-state index is 0.125. The van der Waals surface area contributed by atoms with Gasteiger partial charge in [0.25, 0.3) is 0 Å². The minimum Gasteiger partial charge on any atom is -0.424 e. The second-order valence-electron chi connectivity index (χ2n) is 7.90. The lowest BCUT2D eigenvalue weighted by Crippen LogP contribution is -2.36. The first-order chi connectivity index (χ1) is 12.2. The number of hydrogen-bond acceptors (Lipinski definition) is 5. The third-order valence-corrected chi connectivity index (χ3v) is 6.24. The lowest BCUT2D eigenvalue weighted by molar-refractivity contribution is -0.131. The summed E-state index contributed by atoms with van der Waals surface area (Å²) in [4.78, 5) is 18.9. The SMILES string of the molecule is Cc1cncn1CC(=O)N1C[C@@H]2CCC[C@]2(c2nnc(C3CC3)o2)C1. The summed E-state index contributed by atoms with van der Waals surface area (Å²) in [6.45, 7) is 3.83. The molecule has 2 aliphatic carbocycles. The maximum Gasteiger partial charge on any atom is 0.242 e. The third-order valence-electron chi connectivity index (χ3n) is 6.24. The number of fused-ring (bicyclic) bond motifs is 1. The van der Waals surface area contributed by atoms with E-state index in [4.69, 9.17) is 4.42 Å². The van der Waals surface area contributed by atoms with E-state index < -0.39 is 0 Å². The van der Waals surface area contributed by atoms with Crippen LogP contribution >= 0.6 is 0 Å². The van der Waals surface area contributed by atoms with Crippen molar-refractivity contribution in [3.8, 4) is 0 Å². The van der Waals surface area contributed by atoms with Crippen molar-refractivity contribution in [2.75, 3.05) is 13.1 Å². The molecule has 3 aliphatic rings. The summed E-state index contributed by atoms with van der Waals surface area (Å²) < 4.78 is 7.98. The van der Waals surface area contributed by atoms with Crippen LogP contribution in [0.4, 0.5) is 0 Å². The maximum atomic E-state index is 12.8. The van der Waals surface area contributed by atoms with Gasteiger partial charge < -0.3 is 13.9 Å². The van der Waals surface area contributed by atoms with E-state index in [9.17, 15) is 4.79 Å². The molecule has 2 aromatic heterocycles. The normalized spacial score (nSPS) is 28.5. The zero-order valence-electron chi connectivity index (χ0n) is 14.5. The summed E-state index contributed by atoms with van der Waals surface area (Å²) in [6, 6.07) is 0. The second kappa shape index (κ2) is 5.41. The van der Waals surface area contributed by atoms with E-state index >= 15 is 0 Å². The van der Waals surface area contributed by atoms with Crippen molar-refractivity contribution in [3.05, 3.63) is 30.0 Å². The van der Waals surface area contributed by atoms with Crippen LogP contribution in [-0.2, 0) is 16.8 Å². The van der Waals surface area contributed by atoms with Gasteiger partial charge in [-0.2, -0.15) is 0 Å². The van der Waals surface area contributed by atoms with Gasteiger partial charge in [0.05, 0.1) is 11.7 Å². The van der Waals surface area contributed by atoms with Gasteiger partial charge in [0.15, 0.2) is 0 Å². The van der Waals surface area contributed by atoms with Gasteiger partial charge in [0, 0.05) is 30.9 Å². The van der Waals surface area contributed by atoms with Gasteiger partial charge in [-0.1, -0.05) is 6.42 Å². The Balaban J connectivity index is 1.37. The van der Waals surface area contributed by atoms with Crippen molar-refractivity contribution < 1.29 is 9.21 Å². The second-order valence-corrected chi connectivity index (χ2v) is 7.90. The molecule has 7 nitrogen and oxygen atoms in total. The first-order valence-electron chi connectivity index (χ1n) is 9.24. The Labute approximate surface area is 146 Å². The number of aromatic nitrogens is 4. The van der Waals surface area contributed by atoms with Gasteiger partial charge in [-0.15, -0.1) is 10.2 Å². The molecule has 25 heavy (non-hydrogen) atoms. The highest BCUT2D eigenvalue weighted by Gasteiger charge is 2.55. The first-order valence-corrected chi connectivity index (χ1v) is 9.24. The smallest absolute Gasteiger partial charge is 0.242 e. The van der Waals surface area contributed by atoms with Crippen molar-refractivity contribution in [2.45, 2.75) is 56.9 Å². The van der Waals surface area contributed by atoms with Crippen LogP contribution in [0.5, 0.6) is 0 Å². The van der Waals surface area contributed by atoms with Gasteiger partial charge in [-0.05, 0) is 38.5 Å². The number of hydrogen-bond donors (Lipinski definition) is 0. The van der Waals surface area contributed by atoms with Crippen LogP contribution in [-0.4, -0.2) is 43.6 Å². The Morgan fingerprint density at radius 2 is 2.24 bits per heavy atom. The molecule has 0 unspecified atom stereocenters. The summed E-state index contributed by atoms with van der Waals surface area (Å²) in [6.07, 6.45) is 9.17. The van der Waals surface area contributed by atoms with E-state index in [0.29, 0.717) is 24.9 Å². The van der Waals surface area contributed by atoms with Gasteiger partial charge in [-0.25, -0.2) is 4.98 Å². The fourth-order valence-electron chi connectivity index (χ4n) is 4.56. The molecule has 0 spiro atoms. The van der Waals surface area contributed by atoms with Gasteiger partial charge in [0.1, 0.15) is 6.54 Å². The molecule has 5 rings (SSSR count). The summed E-state index contributed by atoms with van der Waals surface area (Å²) in [5.74, 6) is 2.63. The predicted molar refractivity (Wildman–Crippen MR) is 88.8 cm³/mol. The highest BCUT2D eigenvalue weighted by atomic mass is 16.4. The number of carbonyl (C=O) groups is 1. The zero-order chi connectivity index (χ0) is 17.0. The minimum atomic E-state index is -0.125. The van der Waals surface area contributed by atoms with Gasteiger partial charge >= 0.3 is 0 Å². The molecule has 3 heterocycles. The van der Waals surface area contributed by atoms with Crippen molar-refractivity contribution in [1.29, 1.82) is 0 Å². The molecule has 0 radical (unpaired) electrons. The summed E-state index contributed by atoms with van der Waals surface area (Å²) in [5, 5.41) is 8.69. The summed E-state index contributed by atoms with van der Waals surface area (Å²) in [5.41, 5.74) is 0.883. The van der Waals surface area contributed by atoms with E-state index in [0.717, 1.165) is 49.7 Å². The van der Waals surface area contributed by atoms with Crippen LogP contribution in [0, 0.1) is 12.8 Å². The molecule has 1 amide bonds. The number of imidazole rings is 1. The molecule has 0 bridgehead atoms. The molecule has 2 aromatic rings. The van der Waals surface area contributed by atoms with Crippen LogP contribution < -0.4 is 0 Å². The lowest BCUT2D eigenvalue weighted by atomic mass is 9.80. The number of carbonyl (C=O) groups excluding carboxylic acids is 1. The van der Waals surface area contributed by atoms with E-state index in [-0.39, 0.29) is 11.3 Å². The molecule has 132 valence electrons. The highest BCUT2D eigenvalue weighted by molar-refractivity contribution is 5.76. The molecule has 1 saturated heterocycles. The Morgan fingerprint density at radius 1 is 1.36 bits per heavy atom. The summed E-state index contributed by atoms with van der Waals surface area (Å²) in [7, 11) is 0. The fourth-order valence-corrected chi connectivity index (χ4v) is 4.56. The van der Waals surface area contributed by atoms with E-state index in [1.807, 2.05) is 16.4 Å². The standard InChI is InChI=1S/C18H23N5O2/c1-12-7-19-11-23(12)9-15(24)22-8-14-3-2-6-18(14,10-22)17-21-20-16(25-17)13-4-5-13/h7,11,13-14H,2-6,8-10H2,1H3/t14-,18-/m0/s1. The molecule has 2 saturated carbocycles. The molecule has 0 N–H and O–H groups in total. The Morgan fingerprint density at radius 3 is 3.00 bits per heavy atom. The van der Waals surface area contributed by atoms with E-state index in [1.54, 1.807) is 12.5 Å². The van der Waals surface area contributed by atoms with E-state index in [2.05, 4.69) is 15.2 Å². The average Bonchev–Trinajstić information content (AvgIpc) is 2.94. The molecule has 7 heteroatoms. The Kier molecular flexibility index (Phi) is 3.27. The molecule has 2 atom stereocenters. The first kappa shape index (κ1) is 15.1. The van der Waals surface area contributed by atoms with E-state index in [1.165, 1.54) is 6.42 Å². The largest absolute Gasteiger partial charge is 0.424 e. The number of aryl methyl sites for hydroxylation is 1. The number of amides is 1. The Hall–Kier alpha value is -2.18. The number of nitrogens with zero attached hydrogens (tertiary/aromatic N) is 5. The van der Waals surface area contributed by atoms with Crippen LogP contribution in [0.2, 0.25) is 0 Å². The zero-order valence-corrected chi connectivity index (χ0v) is 14.5. The maximum absolute atomic E-state index is 12.8. The molecular weight excluding hydrogens is 318 g/mol. The number of likely N-dealkylation sites (tertiary alicyclic amines) is 1. The lowest BCUT2D eigenvalue weighted by Gasteiger charge is -2.24. The topological polar surface area (TPSA) is 77.1 Å². The van der Waals surface area contributed by atoms with Crippen molar-refractivity contribution in [2.24, 2.45) is 5.92 Å². The van der Waals surface area contributed by atoms with Gasteiger partial charge in [-0.3, -0.25) is 4.79 Å². The average molecular weight is 341 g/mol. The highest BCUT2D eigenvalue weighted by Crippen LogP contribution is 2.51. The summed E-state index contributed by atoms with van der Waals surface area (Å²) >= 11 is 0. The Bertz CT molecular complexity index is 808.